The van der Waals surface area contributed by atoms with Gasteiger partial charge in [0, 0.05) is 26.3 Å². The molecule has 1 aromatic heterocycles. The standard InChI is InChI=1S/C15H21F3N4O6S/c1-4-22(5-2)29(26,27)10-6-11(21(3)7-10)13(24)28-8-12(23)20-14(25)19-9-15(16,17)18/h6-7H,4-5,8-9H2,1-3H3,(H2,19,20,23,25). The molecule has 3 amide bonds. The van der Waals surface area contributed by atoms with Crippen LogP contribution in [0.3, 0.4) is 0 Å². The van der Waals surface area contributed by atoms with Crippen molar-refractivity contribution in [2.75, 3.05) is 26.2 Å². The summed E-state index contributed by atoms with van der Waals surface area (Å²) in [5, 5.41) is 2.97. The quantitative estimate of drug-likeness (QED) is 0.568. The number of sulfonamides is 1. The predicted molar refractivity (Wildman–Crippen MR) is 93.4 cm³/mol. The average Bonchev–Trinajstić information content (AvgIpc) is 3.01. The van der Waals surface area contributed by atoms with E-state index in [4.69, 9.17) is 0 Å². The smallest absolute Gasteiger partial charge is 0.405 e. The molecule has 0 saturated heterocycles. The molecule has 0 aromatic carbocycles. The molecule has 1 rings (SSSR count). The maximum Gasteiger partial charge on any atom is 0.405 e. The Kier molecular flexibility index (Phi) is 8.20. The summed E-state index contributed by atoms with van der Waals surface area (Å²) in [5.74, 6) is -2.22. The number of aryl methyl sites for hydroxylation is 1. The zero-order valence-corrected chi connectivity index (χ0v) is 16.7. The molecule has 0 atom stereocenters. The number of esters is 1. The molecule has 0 saturated carbocycles. The number of halogens is 3. The molecule has 0 fully saturated rings. The summed E-state index contributed by atoms with van der Waals surface area (Å²) in [7, 11) is -2.43. The first-order valence-electron chi connectivity index (χ1n) is 8.29. The summed E-state index contributed by atoms with van der Waals surface area (Å²) in [5.41, 5.74) is -0.176. The van der Waals surface area contributed by atoms with Crippen LogP contribution >= 0.6 is 0 Å². The predicted octanol–water partition coefficient (Wildman–Crippen LogP) is 0.600. The highest BCUT2D eigenvalue weighted by molar-refractivity contribution is 7.89. The minimum absolute atomic E-state index is 0.147. The number of carbonyl (C=O) groups is 3. The van der Waals surface area contributed by atoms with E-state index in [1.54, 1.807) is 19.2 Å². The van der Waals surface area contributed by atoms with Crippen LogP contribution in [0.1, 0.15) is 24.3 Å². The maximum atomic E-state index is 12.5. The molecule has 164 valence electrons. The SMILES string of the molecule is CCN(CC)S(=O)(=O)c1cc(C(=O)OCC(=O)NC(=O)NCC(F)(F)F)n(C)c1. The van der Waals surface area contributed by atoms with E-state index in [2.05, 4.69) is 4.74 Å². The van der Waals surface area contributed by atoms with Gasteiger partial charge >= 0.3 is 18.2 Å². The van der Waals surface area contributed by atoms with Crippen LogP contribution in [0.15, 0.2) is 17.2 Å². The van der Waals surface area contributed by atoms with Crippen LogP contribution in [-0.4, -0.2) is 67.6 Å². The lowest BCUT2D eigenvalue weighted by molar-refractivity contribution is -0.125. The Morgan fingerprint density at radius 3 is 2.31 bits per heavy atom. The van der Waals surface area contributed by atoms with Crippen molar-refractivity contribution in [1.29, 1.82) is 0 Å². The molecule has 14 heteroatoms. The first kappa shape index (κ1) is 24.4. The van der Waals surface area contributed by atoms with E-state index in [1.165, 1.54) is 27.4 Å². The second kappa shape index (κ2) is 9.73. The van der Waals surface area contributed by atoms with Gasteiger partial charge in [-0.3, -0.25) is 10.1 Å². The van der Waals surface area contributed by atoms with Gasteiger partial charge in [0.2, 0.25) is 10.0 Å². The summed E-state index contributed by atoms with van der Waals surface area (Å²) >= 11 is 0. The van der Waals surface area contributed by atoms with Gasteiger partial charge in [-0.25, -0.2) is 18.0 Å². The molecule has 0 bridgehead atoms. The number of nitrogens with zero attached hydrogens (tertiary/aromatic N) is 2. The number of urea groups is 1. The zero-order valence-electron chi connectivity index (χ0n) is 15.9. The molecule has 29 heavy (non-hydrogen) atoms. The highest BCUT2D eigenvalue weighted by Crippen LogP contribution is 2.19. The fourth-order valence-electron chi connectivity index (χ4n) is 2.18. The van der Waals surface area contributed by atoms with Gasteiger partial charge < -0.3 is 14.6 Å². The van der Waals surface area contributed by atoms with Crippen LogP contribution in [0, 0.1) is 0 Å². The number of hydrogen-bond acceptors (Lipinski definition) is 6. The number of rotatable bonds is 8. The Morgan fingerprint density at radius 2 is 1.79 bits per heavy atom. The van der Waals surface area contributed by atoms with Crippen LogP contribution in [0.5, 0.6) is 0 Å². The van der Waals surface area contributed by atoms with Gasteiger partial charge in [-0.05, 0) is 6.07 Å². The van der Waals surface area contributed by atoms with Gasteiger partial charge in [0.25, 0.3) is 5.91 Å². The molecule has 0 radical (unpaired) electrons. The van der Waals surface area contributed by atoms with E-state index in [0.717, 1.165) is 6.07 Å². The molecule has 1 aromatic rings. The van der Waals surface area contributed by atoms with Crippen molar-refractivity contribution in [3.05, 3.63) is 18.0 Å². The molecule has 0 unspecified atom stereocenters. The van der Waals surface area contributed by atoms with Crippen molar-refractivity contribution in [3.8, 4) is 0 Å². The lowest BCUT2D eigenvalue weighted by Gasteiger charge is -2.17. The van der Waals surface area contributed by atoms with Crippen molar-refractivity contribution in [2.45, 2.75) is 24.9 Å². The second-order valence-corrected chi connectivity index (χ2v) is 7.62. The average molecular weight is 442 g/mol. The minimum atomic E-state index is -4.65. The molecule has 0 spiro atoms. The highest BCUT2D eigenvalue weighted by Gasteiger charge is 2.28. The number of nitrogens with one attached hydrogen (secondary N) is 2. The monoisotopic (exact) mass is 442 g/mol. The van der Waals surface area contributed by atoms with E-state index >= 15 is 0 Å². The van der Waals surface area contributed by atoms with Crippen molar-refractivity contribution in [2.24, 2.45) is 7.05 Å². The van der Waals surface area contributed by atoms with E-state index in [-0.39, 0.29) is 23.7 Å². The lowest BCUT2D eigenvalue weighted by Crippen LogP contribution is -2.44. The van der Waals surface area contributed by atoms with Crippen LogP contribution < -0.4 is 10.6 Å². The fraction of sp³-hybridized carbons (Fsp3) is 0.533. The Bertz CT molecular complexity index is 862. The Morgan fingerprint density at radius 1 is 1.21 bits per heavy atom. The van der Waals surface area contributed by atoms with Crippen molar-refractivity contribution >= 4 is 27.9 Å². The molecular weight excluding hydrogens is 421 g/mol. The van der Waals surface area contributed by atoms with Crippen LogP contribution in [0.2, 0.25) is 0 Å². The largest absolute Gasteiger partial charge is 0.451 e. The Labute approximate surface area is 165 Å². The molecule has 0 aliphatic heterocycles. The van der Waals surface area contributed by atoms with Gasteiger partial charge in [-0.15, -0.1) is 0 Å². The molecule has 10 nitrogen and oxygen atoms in total. The molecule has 0 aliphatic rings. The number of hydrogen-bond donors (Lipinski definition) is 2. The summed E-state index contributed by atoms with van der Waals surface area (Å²) in [6.45, 7) is 1.17. The topological polar surface area (TPSA) is 127 Å². The first-order chi connectivity index (χ1) is 13.3. The molecule has 2 N–H and O–H groups in total. The maximum absolute atomic E-state index is 12.5. The first-order valence-corrected chi connectivity index (χ1v) is 9.73. The summed E-state index contributed by atoms with van der Waals surface area (Å²) in [6.07, 6.45) is -3.45. The highest BCUT2D eigenvalue weighted by atomic mass is 32.2. The van der Waals surface area contributed by atoms with E-state index in [9.17, 15) is 36.0 Å². The van der Waals surface area contributed by atoms with Crippen molar-refractivity contribution in [3.63, 3.8) is 0 Å². The van der Waals surface area contributed by atoms with Gasteiger partial charge in [-0.2, -0.15) is 17.5 Å². The van der Waals surface area contributed by atoms with Gasteiger partial charge in [-0.1, -0.05) is 13.8 Å². The lowest BCUT2D eigenvalue weighted by atomic mass is 10.4. The number of aromatic nitrogens is 1. The normalized spacial score (nSPS) is 12.0. The minimum Gasteiger partial charge on any atom is -0.451 e. The number of imide groups is 1. The summed E-state index contributed by atoms with van der Waals surface area (Å²) < 4.78 is 67.9. The Hall–Kier alpha value is -2.61. The van der Waals surface area contributed by atoms with Crippen LogP contribution in [0.25, 0.3) is 0 Å². The summed E-state index contributed by atoms with van der Waals surface area (Å²) in [6, 6.07) is -0.334. The van der Waals surface area contributed by atoms with Crippen molar-refractivity contribution < 1.29 is 40.7 Å². The third kappa shape index (κ3) is 7.05. The zero-order chi connectivity index (χ0) is 22.4. The van der Waals surface area contributed by atoms with Gasteiger partial charge in [0.15, 0.2) is 6.61 Å². The number of amides is 3. The number of ether oxygens (including phenoxy) is 1. The summed E-state index contributed by atoms with van der Waals surface area (Å²) in [4.78, 5) is 34.6. The third-order valence-corrected chi connectivity index (χ3v) is 5.58. The Balaban J connectivity index is 2.71. The van der Waals surface area contributed by atoms with Crippen LogP contribution in [0.4, 0.5) is 18.0 Å². The third-order valence-electron chi connectivity index (χ3n) is 3.57. The van der Waals surface area contributed by atoms with Crippen LogP contribution in [-0.2, 0) is 26.6 Å². The molecule has 1 heterocycles. The molecular formula is C15H21F3N4O6S. The number of alkyl halides is 3. The van der Waals surface area contributed by atoms with Crippen molar-refractivity contribution in [1.82, 2.24) is 19.5 Å². The van der Waals surface area contributed by atoms with Gasteiger partial charge in [0.05, 0.1) is 0 Å². The number of carbonyl (C=O) groups excluding carboxylic acids is 3. The second-order valence-electron chi connectivity index (χ2n) is 5.68. The molecule has 0 aliphatic carbocycles. The van der Waals surface area contributed by atoms with E-state index in [0.29, 0.717) is 0 Å². The van der Waals surface area contributed by atoms with E-state index in [1.807, 2.05) is 0 Å². The van der Waals surface area contributed by atoms with E-state index < -0.39 is 47.3 Å². The van der Waals surface area contributed by atoms with Gasteiger partial charge in [0.1, 0.15) is 17.1 Å². The fourth-order valence-corrected chi connectivity index (χ4v) is 3.71.